The molecule has 0 saturated heterocycles. The van der Waals surface area contributed by atoms with E-state index in [1.54, 1.807) is 6.20 Å². The Kier molecular flexibility index (Phi) is 3.60. The molecule has 1 aromatic carbocycles. The van der Waals surface area contributed by atoms with Crippen molar-refractivity contribution in [2.24, 2.45) is 0 Å². The van der Waals surface area contributed by atoms with Gasteiger partial charge in [0.1, 0.15) is 12.4 Å². The van der Waals surface area contributed by atoms with Gasteiger partial charge in [-0.2, -0.15) is 0 Å². The van der Waals surface area contributed by atoms with Crippen molar-refractivity contribution in [2.75, 3.05) is 5.73 Å². The minimum atomic E-state index is 0.484. The summed E-state index contributed by atoms with van der Waals surface area (Å²) in [7, 11) is 0. The third-order valence-corrected chi connectivity index (χ3v) is 2.57. The van der Waals surface area contributed by atoms with Gasteiger partial charge in [-0.25, -0.2) is 0 Å². The zero-order chi connectivity index (χ0) is 12.1. The molecule has 2 rings (SSSR count). The van der Waals surface area contributed by atoms with Crippen molar-refractivity contribution in [3.63, 3.8) is 0 Å². The molecule has 0 aliphatic heterocycles. The Bertz CT molecular complexity index is 483. The van der Waals surface area contributed by atoms with Crippen molar-refractivity contribution < 1.29 is 4.74 Å². The third kappa shape index (κ3) is 2.97. The number of benzene rings is 1. The van der Waals surface area contributed by atoms with Gasteiger partial charge < -0.3 is 10.5 Å². The largest absolute Gasteiger partial charge is 0.487 e. The fourth-order valence-corrected chi connectivity index (χ4v) is 1.65. The van der Waals surface area contributed by atoms with Crippen LogP contribution >= 0.6 is 0 Å². The highest BCUT2D eigenvalue weighted by atomic mass is 16.5. The van der Waals surface area contributed by atoms with Crippen LogP contribution in [0.2, 0.25) is 0 Å². The molecule has 0 aliphatic rings. The number of nitrogen functional groups attached to an aromatic ring is 1. The predicted octanol–water partition coefficient (Wildman–Crippen LogP) is 2.81. The molecule has 0 saturated carbocycles. The van der Waals surface area contributed by atoms with Crippen LogP contribution in [-0.2, 0) is 13.0 Å². The normalized spacial score (nSPS) is 10.2. The second-order valence-corrected chi connectivity index (χ2v) is 3.83. The fourth-order valence-electron chi connectivity index (χ4n) is 1.65. The van der Waals surface area contributed by atoms with Crippen molar-refractivity contribution >= 4 is 5.69 Å². The maximum Gasteiger partial charge on any atom is 0.130 e. The molecule has 0 radical (unpaired) electrons. The molecule has 0 unspecified atom stereocenters. The predicted molar refractivity (Wildman–Crippen MR) is 68.8 cm³/mol. The summed E-state index contributed by atoms with van der Waals surface area (Å²) in [5, 5.41) is 0. The molecule has 3 nitrogen and oxygen atoms in total. The lowest BCUT2D eigenvalue weighted by Crippen LogP contribution is -2.00. The summed E-state index contributed by atoms with van der Waals surface area (Å²) in [5.74, 6) is 0.882. The zero-order valence-corrected chi connectivity index (χ0v) is 9.89. The minimum Gasteiger partial charge on any atom is -0.487 e. The van der Waals surface area contributed by atoms with Gasteiger partial charge in [0, 0.05) is 11.9 Å². The summed E-state index contributed by atoms with van der Waals surface area (Å²) in [6.07, 6.45) is 2.67. The number of hydrogen-bond acceptors (Lipinski definition) is 3. The molecule has 0 spiro atoms. The van der Waals surface area contributed by atoms with Gasteiger partial charge in [0.15, 0.2) is 0 Å². The lowest BCUT2D eigenvalue weighted by molar-refractivity contribution is 0.298. The maximum atomic E-state index is 5.75. The van der Waals surface area contributed by atoms with E-state index in [2.05, 4.69) is 11.9 Å². The van der Waals surface area contributed by atoms with Crippen LogP contribution in [-0.4, -0.2) is 4.98 Å². The van der Waals surface area contributed by atoms with Crippen LogP contribution in [0.1, 0.15) is 18.2 Å². The molecule has 0 fully saturated rings. The Balaban J connectivity index is 2.09. The van der Waals surface area contributed by atoms with E-state index in [9.17, 15) is 0 Å². The Morgan fingerprint density at radius 2 is 2.12 bits per heavy atom. The second kappa shape index (κ2) is 5.34. The third-order valence-electron chi connectivity index (χ3n) is 2.57. The molecular weight excluding hydrogens is 212 g/mol. The molecule has 0 atom stereocenters. The van der Waals surface area contributed by atoms with Crippen LogP contribution in [0.4, 0.5) is 5.69 Å². The average molecular weight is 228 g/mol. The van der Waals surface area contributed by atoms with Crippen LogP contribution in [0.5, 0.6) is 5.75 Å². The molecule has 2 aromatic rings. The molecule has 0 bridgehead atoms. The molecule has 1 aromatic heterocycles. The average Bonchev–Trinajstić information content (AvgIpc) is 2.38. The van der Waals surface area contributed by atoms with Crippen LogP contribution in [0.15, 0.2) is 42.6 Å². The fraction of sp³-hybridized carbons (Fsp3) is 0.214. The van der Waals surface area contributed by atoms with E-state index in [1.165, 1.54) is 0 Å². The molecular formula is C14H16N2O. The standard InChI is InChI=1S/C14H16N2O/c1-2-11-9-12(15)6-7-14(11)17-10-13-5-3-4-8-16-13/h3-9H,2,10,15H2,1H3. The first kappa shape index (κ1) is 11.5. The first-order chi connectivity index (χ1) is 8.29. The van der Waals surface area contributed by atoms with E-state index in [0.717, 1.165) is 29.1 Å². The molecule has 3 heteroatoms. The number of ether oxygens (including phenoxy) is 1. The summed E-state index contributed by atoms with van der Waals surface area (Å²) in [6.45, 7) is 2.57. The monoisotopic (exact) mass is 228 g/mol. The summed E-state index contributed by atoms with van der Waals surface area (Å²) in [6, 6.07) is 11.5. The zero-order valence-electron chi connectivity index (χ0n) is 9.89. The smallest absolute Gasteiger partial charge is 0.130 e. The van der Waals surface area contributed by atoms with Gasteiger partial charge in [0.2, 0.25) is 0 Å². The molecule has 1 heterocycles. The number of rotatable bonds is 4. The molecule has 88 valence electrons. The lowest BCUT2D eigenvalue weighted by atomic mass is 10.1. The van der Waals surface area contributed by atoms with Gasteiger partial charge in [0.05, 0.1) is 5.69 Å². The maximum absolute atomic E-state index is 5.75. The lowest BCUT2D eigenvalue weighted by Gasteiger charge is -2.10. The summed E-state index contributed by atoms with van der Waals surface area (Å²) in [4.78, 5) is 4.22. The number of nitrogens with zero attached hydrogens (tertiary/aromatic N) is 1. The Hall–Kier alpha value is -2.03. The first-order valence-corrected chi connectivity index (χ1v) is 5.70. The molecule has 0 aliphatic carbocycles. The molecule has 17 heavy (non-hydrogen) atoms. The Morgan fingerprint density at radius 1 is 1.24 bits per heavy atom. The summed E-state index contributed by atoms with van der Waals surface area (Å²) < 4.78 is 5.75. The number of hydrogen-bond donors (Lipinski definition) is 1. The number of aromatic nitrogens is 1. The SMILES string of the molecule is CCc1cc(N)ccc1OCc1ccccn1. The van der Waals surface area contributed by atoms with E-state index in [-0.39, 0.29) is 0 Å². The summed E-state index contributed by atoms with van der Waals surface area (Å²) >= 11 is 0. The Labute approximate surface area is 101 Å². The number of aryl methyl sites for hydroxylation is 1. The van der Waals surface area contributed by atoms with Crippen molar-refractivity contribution in [1.82, 2.24) is 4.98 Å². The van der Waals surface area contributed by atoms with Gasteiger partial charge in [-0.3, -0.25) is 4.98 Å². The van der Waals surface area contributed by atoms with E-state index in [0.29, 0.717) is 6.61 Å². The van der Waals surface area contributed by atoms with Crippen LogP contribution < -0.4 is 10.5 Å². The topological polar surface area (TPSA) is 48.1 Å². The number of anilines is 1. The number of pyridine rings is 1. The van der Waals surface area contributed by atoms with Gasteiger partial charge >= 0.3 is 0 Å². The molecule has 0 amide bonds. The van der Waals surface area contributed by atoms with E-state index in [4.69, 9.17) is 10.5 Å². The highest BCUT2D eigenvalue weighted by Crippen LogP contribution is 2.22. The van der Waals surface area contributed by atoms with E-state index >= 15 is 0 Å². The van der Waals surface area contributed by atoms with E-state index < -0.39 is 0 Å². The van der Waals surface area contributed by atoms with Crippen molar-refractivity contribution in [2.45, 2.75) is 20.0 Å². The van der Waals surface area contributed by atoms with Crippen molar-refractivity contribution in [3.8, 4) is 5.75 Å². The van der Waals surface area contributed by atoms with Crippen LogP contribution in [0.25, 0.3) is 0 Å². The number of nitrogens with two attached hydrogens (primary N) is 1. The Morgan fingerprint density at radius 3 is 2.82 bits per heavy atom. The second-order valence-electron chi connectivity index (χ2n) is 3.83. The van der Waals surface area contributed by atoms with Gasteiger partial charge in [-0.15, -0.1) is 0 Å². The first-order valence-electron chi connectivity index (χ1n) is 5.70. The van der Waals surface area contributed by atoms with E-state index in [1.807, 2.05) is 36.4 Å². The molecule has 2 N–H and O–H groups in total. The quantitative estimate of drug-likeness (QED) is 0.818. The van der Waals surface area contributed by atoms with Crippen molar-refractivity contribution in [1.29, 1.82) is 0 Å². The minimum absolute atomic E-state index is 0.484. The highest BCUT2D eigenvalue weighted by Gasteiger charge is 2.03. The van der Waals surface area contributed by atoms with Crippen molar-refractivity contribution in [3.05, 3.63) is 53.9 Å². The van der Waals surface area contributed by atoms with Gasteiger partial charge in [-0.05, 0) is 42.3 Å². The highest BCUT2D eigenvalue weighted by molar-refractivity contribution is 5.47. The van der Waals surface area contributed by atoms with Gasteiger partial charge in [-0.1, -0.05) is 13.0 Å². The van der Waals surface area contributed by atoms with Crippen LogP contribution in [0.3, 0.4) is 0 Å². The van der Waals surface area contributed by atoms with Crippen LogP contribution in [0, 0.1) is 0 Å². The summed E-state index contributed by atoms with van der Waals surface area (Å²) in [5.41, 5.74) is 8.56. The van der Waals surface area contributed by atoms with Gasteiger partial charge in [0.25, 0.3) is 0 Å².